The summed E-state index contributed by atoms with van der Waals surface area (Å²) < 4.78 is 36.5. The second-order valence-electron chi connectivity index (χ2n) is 6.91. The van der Waals surface area contributed by atoms with Gasteiger partial charge in [-0.2, -0.15) is 0 Å². The molecule has 2 amide bonds. The zero-order valence-electron chi connectivity index (χ0n) is 16.6. The van der Waals surface area contributed by atoms with Crippen LogP contribution in [0.4, 0.5) is 11.4 Å². The molecule has 2 aromatic rings. The summed E-state index contributed by atoms with van der Waals surface area (Å²) in [7, 11) is -2.34. The Bertz CT molecular complexity index is 1120. The Balaban J connectivity index is 1.76. The van der Waals surface area contributed by atoms with Gasteiger partial charge in [0.25, 0.3) is 5.91 Å². The highest BCUT2D eigenvalue weighted by Gasteiger charge is 2.29. The van der Waals surface area contributed by atoms with Gasteiger partial charge in [-0.3, -0.25) is 9.59 Å². The third kappa shape index (κ3) is 4.52. The van der Waals surface area contributed by atoms with Gasteiger partial charge in [0.2, 0.25) is 5.91 Å². The molecule has 0 aromatic heterocycles. The molecular formula is C20H21ClN2O6S. The van der Waals surface area contributed by atoms with Gasteiger partial charge >= 0.3 is 0 Å². The number of anilines is 2. The maximum Gasteiger partial charge on any atom is 0.262 e. The first-order valence-electron chi connectivity index (χ1n) is 9.06. The molecule has 0 radical (unpaired) electrons. The van der Waals surface area contributed by atoms with E-state index < -0.39 is 21.0 Å². The van der Waals surface area contributed by atoms with Crippen molar-refractivity contribution in [2.24, 2.45) is 0 Å². The summed E-state index contributed by atoms with van der Waals surface area (Å²) in [6, 6.07) is 7.67. The number of carbonyl (C=O) groups excluding carboxylic acids is 2. The molecule has 1 atom stereocenters. The minimum absolute atomic E-state index is 0.0604. The van der Waals surface area contributed by atoms with Crippen LogP contribution in [-0.4, -0.2) is 39.2 Å². The first-order chi connectivity index (χ1) is 14.1. The van der Waals surface area contributed by atoms with Gasteiger partial charge in [0, 0.05) is 18.2 Å². The average Bonchev–Trinajstić information content (AvgIpc) is 2.67. The average molecular weight is 453 g/mol. The summed E-state index contributed by atoms with van der Waals surface area (Å²) in [5, 5.41) is 4.62. The van der Waals surface area contributed by atoms with Crippen LogP contribution in [0.15, 0.2) is 35.2 Å². The highest BCUT2D eigenvalue weighted by atomic mass is 35.5. The molecule has 0 saturated heterocycles. The van der Waals surface area contributed by atoms with Crippen LogP contribution in [0.3, 0.4) is 0 Å². The second kappa shape index (κ2) is 8.53. The van der Waals surface area contributed by atoms with Crippen LogP contribution in [0.2, 0.25) is 5.02 Å². The standard InChI is InChI=1S/C20H21ClN2O6S/c1-11-6-15-17(29-10-20(25)23-15)9-18(11)30(26,27)12(2)7-19(24)22-13-4-5-16(28-3)14(21)8-13/h4-6,8-9,12H,7,10H2,1-3H3,(H,22,24)(H,23,25)/t12-/m1/s1. The van der Waals surface area contributed by atoms with Crippen molar-refractivity contribution in [3.63, 3.8) is 0 Å². The number of nitrogens with one attached hydrogen (secondary N) is 2. The van der Waals surface area contributed by atoms with Gasteiger partial charge < -0.3 is 20.1 Å². The van der Waals surface area contributed by atoms with Crippen molar-refractivity contribution in [3.8, 4) is 11.5 Å². The topological polar surface area (TPSA) is 111 Å². The Morgan fingerprint density at radius 3 is 2.73 bits per heavy atom. The number of halogens is 1. The predicted octanol–water partition coefficient (Wildman–Crippen LogP) is 3.18. The third-order valence-electron chi connectivity index (χ3n) is 4.65. The lowest BCUT2D eigenvalue weighted by Crippen LogP contribution is -2.27. The summed E-state index contributed by atoms with van der Waals surface area (Å²) in [4.78, 5) is 23.9. The van der Waals surface area contributed by atoms with E-state index in [9.17, 15) is 18.0 Å². The van der Waals surface area contributed by atoms with E-state index in [1.54, 1.807) is 25.1 Å². The molecule has 2 N–H and O–H groups in total. The Labute approximate surface area is 179 Å². The predicted molar refractivity (Wildman–Crippen MR) is 113 cm³/mol. The molecule has 0 bridgehead atoms. The van der Waals surface area contributed by atoms with Crippen molar-refractivity contribution in [2.75, 3.05) is 24.4 Å². The van der Waals surface area contributed by atoms with E-state index in [4.69, 9.17) is 21.1 Å². The first-order valence-corrected chi connectivity index (χ1v) is 11.0. The Kier molecular flexibility index (Phi) is 6.23. The fourth-order valence-corrected chi connectivity index (χ4v) is 4.91. The van der Waals surface area contributed by atoms with Crippen molar-refractivity contribution in [2.45, 2.75) is 30.4 Å². The van der Waals surface area contributed by atoms with Gasteiger partial charge in [-0.25, -0.2) is 8.42 Å². The van der Waals surface area contributed by atoms with Crippen molar-refractivity contribution in [3.05, 3.63) is 40.9 Å². The number of ether oxygens (including phenoxy) is 2. The molecule has 30 heavy (non-hydrogen) atoms. The molecule has 10 heteroatoms. The summed E-state index contributed by atoms with van der Waals surface area (Å²) in [6.45, 7) is 2.91. The number of benzene rings is 2. The molecule has 0 unspecified atom stereocenters. The first kappa shape index (κ1) is 21.9. The van der Waals surface area contributed by atoms with Crippen LogP contribution >= 0.6 is 11.6 Å². The molecule has 0 fully saturated rings. The van der Waals surface area contributed by atoms with Gasteiger partial charge in [0.1, 0.15) is 11.5 Å². The number of hydrogen-bond acceptors (Lipinski definition) is 6. The number of fused-ring (bicyclic) bond motifs is 1. The molecule has 1 heterocycles. The van der Waals surface area contributed by atoms with Gasteiger partial charge in [-0.1, -0.05) is 11.6 Å². The second-order valence-corrected chi connectivity index (χ2v) is 9.65. The Morgan fingerprint density at radius 2 is 2.07 bits per heavy atom. The molecule has 0 saturated carbocycles. The fraction of sp³-hybridized carbons (Fsp3) is 0.300. The lowest BCUT2D eigenvalue weighted by Gasteiger charge is -2.21. The van der Waals surface area contributed by atoms with Crippen molar-refractivity contribution < 1.29 is 27.5 Å². The number of aryl methyl sites for hydroxylation is 1. The van der Waals surface area contributed by atoms with E-state index in [0.717, 1.165) is 0 Å². The maximum atomic E-state index is 13.1. The fourth-order valence-electron chi connectivity index (χ4n) is 3.07. The largest absolute Gasteiger partial charge is 0.495 e. The van der Waals surface area contributed by atoms with E-state index >= 15 is 0 Å². The SMILES string of the molecule is COc1ccc(NC(=O)C[C@@H](C)S(=O)(=O)c2cc3c(cc2C)NC(=O)CO3)cc1Cl. The van der Waals surface area contributed by atoms with E-state index in [-0.39, 0.29) is 29.6 Å². The van der Waals surface area contributed by atoms with Crippen LogP contribution < -0.4 is 20.1 Å². The van der Waals surface area contributed by atoms with Crippen LogP contribution in [0.1, 0.15) is 18.9 Å². The molecule has 0 aliphatic carbocycles. The van der Waals surface area contributed by atoms with E-state index in [1.807, 2.05) is 0 Å². The molecule has 0 spiro atoms. The van der Waals surface area contributed by atoms with Crippen LogP contribution in [0.25, 0.3) is 0 Å². The highest BCUT2D eigenvalue weighted by molar-refractivity contribution is 7.92. The summed E-state index contributed by atoms with van der Waals surface area (Å²) in [6.07, 6.45) is -0.250. The van der Waals surface area contributed by atoms with Gasteiger partial charge in [0.15, 0.2) is 16.4 Å². The van der Waals surface area contributed by atoms with Crippen LogP contribution in [-0.2, 0) is 19.4 Å². The van der Waals surface area contributed by atoms with E-state index in [0.29, 0.717) is 27.7 Å². The third-order valence-corrected chi connectivity index (χ3v) is 7.23. The minimum atomic E-state index is -3.82. The number of rotatable bonds is 6. The molecule has 8 nitrogen and oxygen atoms in total. The molecule has 160 valence electrons. The van der Waals surface area contributed by atoms with Crippen LogP contribution in [0, 0.1) is 6.92 Å². The Morgan fingerprint density at radius 1 is 1.33 bits per heavy atom. The van der Waals surface area contributed by atoms with E-state index in [2.05, 4.69) is 10.6 Å². The van der Waals surface area contributed by atoms with Crippen molar-refractivity contribution in [1.82, 2.24) is 0 Å². The lowest BCUT2D eigenvalue weighted by atomic mass is 10.2. The number of hydrogen-bond donors (Lipinski definition) is 2. The van der Waals surface area contributed by atoms with Crippen molar-refractivity contribution >= 4 is 44.6 Å². The Hall–Kier alpha value is -2.78. The number of methoxy groups -OCH3 is 1. The molecule has 1 aliphatic rings. The quantitative estimate of drug-likeness (QED) is 0.696. The monoisotopic (exact) mass is 452 g/mol. The van der Waals surface area contributed by atoms with Gasteiger partial charge in [-0.05, 0) is 43.7 Å². The lowest BCUT2D eigenvalue weighted by molar-refractivity contribution is -0.118. The number of sulfone groups is 1. The zero-order valence-corrected chi connectivity index (χ0v) is 18.2. The molecule has 2 aromatic carbocycles. The summed E-state index contributed by atoms with van der Waals surface area (Å²) in [5.41, 5.74) is 1.31. The smallest absolute Gasteiger partial charge is 0.262 e. The number of carbonyl (C=O) groups is 2. The molecule has 1 aliphatic heterocycles. The van der Waals surface area contributed by atoms with Gasteiger partial charge in [-0.15, -0.1) is 0 Å². The summed E-state index contributed by atoms with van der Waals surface area (Å²) in [5.74, 6) is -0.0252. The zero-order chi connectivity index (χ0) is 22.1. The van der Waals surface area contributed by atoms with Gasteiger partial charge in [0.05, 0.1) is 28.0 Å². The normalized spacial score (nSPS) is 14.2. The summed E-state index contributed by atoms with van der Waals surface area (Å²) >= 11 is 6.05. The minimum Gasteiger partial charge on any atom is -0.495 e. The highest BCUT2D eigenvalue weighted by Crippen LogP contribution is 2.34. The van der Waals surface area contributed by atoms with Crippen molar-refractivity contribution in [1.29, 1.82) is 0 Å². The maximum absolute atomic E-state index is 13.1. The molecule has 3 rings (SSSR count). The van der Waals surface area contributed by atoms with E-state index in [1.165, 1.54) is 26.2 Å². The van der Waals surface area contributed by atoms with Crippen LogP contribution in [0.5, 0.6) is 11.5 Å². The molecular weight excluding hydrogens is 432 g/mol. The number of amides is 2.